The van der Waals surface area contributed by atoms with Crippen molar-refractivity contribution in [2.45, 2.75) is 25.4 Å². The molecular formula is C26H24BrIN2O3S. The Bertz CT molecular complexity index is 1200. The van der Waals surface area contributed by atoms with Crippen LogP contribution < -0.4 is 20.1 Å². The number of methoxy groups -OCH3 is 1. The van der Waals surface area contributed by atoms with E-state index in [1.54, 1.807) is 7.11 Å². The number of ether oxygens (including phenoxy) is 2. The summed E-state index contributed by atoms with van der Waals surface area (Å²) in [6.45, 7) is 2.56. The lowest BCUT2D eigenvalue weighted by Crippen LogP contribution is -2.30. The Hall–Kier alpha value is -2.17. The standard InChI is InChI=1S/C26H24BrIN2O3S/c1-3-16-6-10-20(11-7-16)29-26-30-25(31)23(34-26)14-18-12-21(28)24(22(13-18)32-2)33-15-17-4-8-19(27)9-5-17/h4-14,26,29H,3,15H2,1-2H3,(H,30,31)/b23-14-/t26-/m0/s1. The number of thioether (sulfide) groups is 1. The highest BCUT2D eigenvalue weighted by Gasteiger charge is 2.27. The van der Waals surface area contributed by atoms with Gasteiger partial charge in [0, 0.05) is 10.2 Å². The minimum Gasteiger partial charge on any atom is -0.493 e. The molecule has 1 atom stereocenters. The molecule has 3 aromatic carbocycles. The number of benzene rings is 3. The number of aryl methyl sites for hydroxylation is 1. The smallest absolute Gasteiger partial charge is 0.260 e. The molecule has 4 rings (SSSR count). The molecule has 0 spiro atoms. The van der Waals surface area contributed by atoms with Crippen molar-refractivity contribution >= 4 is 68.0 Å². The van der Waals surface area contributed by atoms with Gasteiger partial charge in [-0.2, -0.15) is 0 Å². The summed E-state index contributed by atoms with van der Waals surface area (Å²) in [5.41, 5.74) is 3.97. The summed E-state index contributed by atoms with van der Waals surface area (Å²) in [5, 5.41) is 6.34. The Balaban J connectivity index is 1.46. The van der Waals surface area contributed by atoms with Crippen LogP contribution in [0.4, 0.5) is 5.69 Å². The van der Waals surface area contributed by atoms with Crippen molar-refractivity contribution in [3.63, 3.8) is 0 Å². The van der Waals surface area contributed by atoms with Gasteiger partial charge in [0.15, 0.2) is 17.0 Å². The number of amides is 1. The molecule has 0 bridgehead atoms. The Morgan fingerprint density at radius 2 is 1.82 bits per heavy atom. The predicted molar refractivity (Wildman–Crippen MR) is 151 cm³/mol. The van der Waals surface area contributed by atoms with Gasteiger partial charge in [-0.1, -0.05) is 58.9 Å². The van der Waals surface area contributed by atoms with Crippen LogP contribution in [0.25, 0.3) is 6.08 Å². The Kier molecular flexibility index (Phi) is 8.44. The lowest BCUT2D eigenvalue weighted by molar-refractivity contribution is -0.116. The number of carbonyl (C=O) groups excluding carboxylic acids is 1. The van der Waals surface area contributed by atoms with Crippen molar-refractivity contribution in [1.29, 1.82) is 0 Å². The summed E-state index contributed by atoms with van der Waals surface area (Å²) in [7, 11) is 1.62. The molecular weight excluding hydrogens is 627 g/mol. The zero-order valence-corrected chi connectivity index (χ0v) is 23.3. The Morgan fingerprint density at radius 1 is 1.12 bits per heavy atom. The Morgan fingerprint density at radius 3 is 2.50 bits per heavy atom. The van der Waals surface area contributed by atoms with Crippen molar-refractivity contribution in [3.8, 4) is 11.5 Å². The van der Waals surface area contributed by atoms with Gasteiger partial charge in [0.05, 0.1) is 15.6 Å². The van der Waals surface area contributed by atoms with Gasteiger partial charge in [0.1, 0.15) is 6.61 Å². The first-order valence-corrected chi connectivity index (χ1v) is 13.5. The highest BCUT2D eigenvalue weighted by atomic mass is 127. The molecule has 5 nitrogen and oxygen atoms in total. The van der Waals surface area contributed by atoms with Crippen LogP contribution in [0.2, 0.25) is 0 Å². The molecule has 3 aromatic rings. The third kappa shape index (κ3) is 6.28. The van der Waals surface area contributed by atoms with E-state index in [0.717, 1.165) is 31.3 Å². The normalized spacial score (nSPS) is 16.4. The molecule has 1 aliphatic heterocycles. The average molecular weight is 651 g/mol. The second kappa shape index (κ2) is 11.5. The van der Waals surface area contributed by atoms with Gasteiger partial charge in [-0.05, 0) is 88.2 Å². The quantitative estimate of drug-likeness (QED) is 0.207. The third-order valence-electron chi connectivity index (χ3n) is 5.24. The number of rotatable bonds is 8. The van der Waals surface area contributed by atoms with E-state index in [1.807, 2.05) is 54.6 Å². The molecule has 176 valence electrons. The number of anilines is 1. The van der Waals surface area contributed by atoms with E-state index in [1.165, 1.54) is 17.3 Å². The number of nitrogens with one attached hydrogen (secondary N) is 2. The van der Waals surface area contributed by atoms with E-state index in [0.29, 0.717) is 23.0 Å². The van der Waals surface area contributed by atoms with Crippen LogP contribution in [0.5, 0.6) is 11.5 Å². The van der Waals surface area contributed by atoms with Crippen LogP contribution >= 0.6 is 50.3 Å². The molecule has 2 N–H and O–H groups in total. The minimum absolute atomic E-state index is 0.0998. The molecule has 1 aliphatic rings. The molecule has 0 aromatic heterocycles. The van der Waals surface area contributed by atoms with E-state index < -0.39 is 0 Å². The zero-order valence-electron chi connectivity index (χ0n) is 18.7. The molecule has 0 saturated carbocycles. The van der Waals surface area contributed by atoms with Crippen molar-refractivity contribution < 1.29 is 14.3 Å². The van der Waals surface area contributed by atoms with Gasteiger partial charge < -0.3 is 20.1 Å². The van der Waals surface area contributed by atoms with Crippen LogP contribution in [-0.2, 0) is 17.8 Å². The second-order valence-electron chi connectivity index (χ2n) is 7.62. The average Bonchev–Trinajstić information content (AvgIpc) is 3.17. The highest BCUT2D eigenvalue weighted by molar-refractivity contribution is 14.1. The number of halogens is 2. The summed E-state index contributed by atoms with van der Waals surface area (Å²) in [4.78, 5) is 13.2. The van der Waals surface area contributed by atoms with E-state index >= 15 is 0 Å². The lowest BCUT2D eigenvalue weighted by Gasteiger charge is -2.14. The molecule has 0 unspecified atom stereocenters. The molecule has 8 heteroatoms. The van der Waals surface area contributed by atoms with Crippen LogP contribution in [0, 0.1) is 3.57 Å². The summed E-state index contributed by atoms with van der Waals surface area (Å²) >= 11 is 7.15. The Labute approximate surface area is 226 Å². The third-order valence-corrected chi connectivity index (χ3v) is 7.60. The molecule has 1 amide bonds. The maximum absolute atomic E-state index is 12.6. The van der Waals surface area contributed by atoms with Gasteiger partial charge in [-0.3, -0.25) is 4.79 Å². The number of carbonyl (C=O) groups is 1. The molecule has 0 aliphatic carbocycles. The lowest BCUT2D eigenvalue weighted by atomic mass is 10.1. The van der Waals surface area contributed by atoms with E-state index in [2.05, 4.69) is 68.2 Å². The van der Waals surface area contributed by atoms with Crippen LogP contribution in [0.15, 0.2) is 70.0 Å². The zero-order chi connectivity index (χ0) is 24.1. The van der Waals surface area contributed by atoms with E-state index in [-0.39, 0.29) is 11.4 Å². The van der Waals surface area contributed by atoms with Gasteiger partial charge in [-0.15, -0.1) is 0 Å². The summed E-state index contributed by atoms with van der Waals surface area (Å²) in [6.07, 6.45) is 2.88. The fraction of sp³-hybridized carbons (Fsp3) is 0.192. The van der Waals surface area contributed by atoms with Gasteiger partial charge in [0.2, 0.25) is 0 Å². The summed E-state index contributed by atoms with van der Waals surface area (Å²) < 4.78 is 13.6. The fourth-order valence-corrected chi connectivity index (χ4v) is 5.43. The summed E-state index contributed by atoms with van der Waals surface area (Å²) in [6, 6.07) is 20.1. The summed E-state index contributed by atoms with van der Waals surface area (Å²) in [5.74, 6) is 1.22. The van der Waals surface area contributed by atoms with Gasteiger partial charge >= 0.3 is 0 Å². The number of hydrogen-bond acceptors (Lipinski definition) is 5. The monoisotopic (exact) mass is 650 g/mol. The number of hydrogen-bond donors (Lipinski definition) is 2. The molecule has 1 saturated heterocycles. The maximum Gasteiger partial charge on any atom is 0.260 e. The first-order chi connectivity index (χ1) is 16.4. The largest absolute Gasteiger partial charge is 0.493 e. The van der Waals surface area contributed by atoms with E-state index in [4.69, 9.17) is 9.47 Å². The molecule has 34 heavy (non-hydrogen) atoms. The van der Waals surface area contributed by atoms with Crippen molar-refractivity contribution in [2.24, 2.45) is 0 Å². The highest BCUT2D eigenvalue weighted by Crippen LogP contribution is 2.37. The molecule has 1 heterocycles. The molecule has 1 fully saturated rings. The minimum atomic E-state index is -0.222. The second-order valence-corrected chi connectivity index (χ2v) is 10.8. The van der Waals surface area contributed by atoms with Crippen LogP contribution in [-0.4, -0.2) is 18.5 Å². The fourth-order valence-electron chi connectivity index (χ4n) is 3.40. The first-order valence-electron chi connectivity index (χ1n) is 10.7. The van der Waals surface area contributed by atoms with Crippen molar-refractivity contribution in [2.75, 3.05) is 12.4 Å². The van der Waals surface area contributed by atoms with Crippen LogP contribution in [0.3, 0.4) is 0 Å². The predicted octanol–water partition coefficient (Wildman–Crippen LogP) is 6.80. The van der Waals surface area contributed by atoms with Crippen molar-refractivity contribution in [3.05, 3.63) is 90.3 Å². The van der Waals surface area contributed by atoms with Gasteiger partial charge in [0.25, 0.3) is 5.91 Å². The SMILES string of the molecule is CCc1ccc(N[C@H]2NC(=O)/C(=C/c3cc(I)c(OCc4ccc(Br)cc4)c(OC)c3)S2)cc1. The first kappa shape index (κ1) is 24.9. The topological polar surface area (TPSA) is 59.6 Å². The maximum atomic E-state index is 12.6. The molecule has 0 radical (unpaired) electrons. The van der Waals surface area contributed by atoms with Crippen molar-refractivity contribution in [1.82, 2.24) is 5.32 Å². The van der Waals surface area contributed by atoms with Crippen LogP contribution in [0.1, 0.15) is 23.6 Å². The van der Waals surface area contributed by atoms with E-state index in [9.17, 15) is 4.79 Å². The van der Waals surface area contributed by atoms with Gasteiger partial charge in [-0.25, -0.2) is 0 Å².